The van der Waals surface area contributed by atoms with Gasteiger partial charge in [0.05, 0.1) is 20.8 Å². The molecule has 29 heavy (non-hydrogen) atoms. The maximum Gasteiger partial charge on any atom is 0.341 e. The van der Waals surface area contributed by atoms with E-state index >= 15 is 0 Å². The molecule has 7 nitrogen and oxygen atoms in total. The lowest BCUT2D eigenvalue weighted by molar-refractivity contribution is -0.139. The van der Waals surface area contributed by atoms with Crippen LogP contribution in [0.2, 0.25) is 0 Å². The number of amides is 1. The number of aliphatic imine (C=N–C) groups is 1. The van der Waals surface area contributed by atoms with Gasteiger partial charge in [-0.25, -0.2) is 9.79 Å². The molecule has 0 unspecified atom stereocenters. The van der Waals surface area contributed by atoms with Crippen molar-refractivity contribution in [2.75, 3.05) is 13.2 Å². The van der Waals surface area contributed by atoms with Crippen LogP contribution >= 0.6 is 34.4 Å². The number of aliphatic carboxylic acids is 1. The molecule has 0 bridgehead atoms. The van der Waals surface area contributed by atoms with E-state index < -0.39 is 12.6 Å². The molecule has 0 radical (unpaired) electrons. The Bertz CT molecular complexity index is 992. The van der Waals surface area contributed by atoms with Crippen molar-refractivity contribution in [3.8, 4) is 11.5 Å². The fourth-order valence-electron chi connectivity index (χ4n) is 2.46. The van der Waals surface area contributed by atoms with Gasteiger partial charge in [0.15, 0.2) is 23.3 Å². The minimum absolute atomic E-state index is 0.233. The number of carboxylic acid groups (broad SMARTS) is 1. The molecule has 2 aromatic carbocycles. The van der Waals surface area contributed by atoms with Crippen LogP contribution in [0, 0.1) is 3.57 Å². The average Bonchev–Trinajstić information content (AvgIpc) is 3.00. The highest BCUT2D eigenvalue weighted by atomic mass is 127. The second-order valence-corrected chi connectivity index (χ2v) is 7.96. The molecule has 2 aromatic rings. The van der Waals surface area contributed by atoms with Gasteiger partial charge in [-0.2, -0.15) is 0 Å². The fraction of sp³-hybridized carbons (Fsp3) is 0.150. The van der Waals surface area contributed by atoms with Gasteiger partial charge in [0.2, 0.25) is 0 Å². The second kappa shape index (κ2) is 9.79. The third-order valence-electron chi connectivity index (χ3n) is 3.61. The normalized spacial score (nSPS) is 16.1. The van der Waals surface area contributed by atoms with Crippen LogP contribution < -0.4 is 14.8 Å². The van der Waals surface area contributed by atoms with E-state index in [0.717, 1.165) is 11.3 Å². The van der Waals surface area contributed by atoms with Gasteiger partial charge in [-0.1, -0.05) is 18.2 Å². The molecule has 0 aromatic heterocycles. The van der Waals surface area contributed by atoms with Crippen molar-refractivity contribution in [3.05, 3.63) is 56.5 Å². The first kappa shape index (κ1) is 21.2. The number of carboxylic acids is 1. The van der Waals surface area contributed by atoms with Crippen LogP contribution in [0.25, 0.3) is 6.08 Å². The molecule has 1 fully saturated rings. The Morgan fingerprint density at radius 3 is 2.72 bits per heavy atom. The monoisotopic (exact) mass is 524 g/mol. The fourth-order valence-corrected chi connectivity index (χ4v) is 4.08. The Hall–Kier alpha value is -2.53. The number of nitrogens with zero attached hydrogens (tertiary/aromatic N) is 1. The van der Waals surface area contributed by atoms with Gasteiger partial charge < -0.3 is 19.9 Å². The minimum atomic E-state index is -1.07. The van der Waals surface area contributed by atoms with Gasteiger partial charge in [-0.05, 0) is 77.2 Å². The molecule has 0 atom stereocenters. The van der Waals surface area contributed by atoms with Gasteiger partial charge in [-0.15, -0.1) is 0 Å². The molecule has 2 N–H and O–H groups in total. The van der Waals surface area contributed by atoms with Gasteiger partial charge in [0.1, 0.15) is 0 Å². The molecule has 1 saturated heterocycles. The van der Waals surface area contributed by atoms with E-state index in [1.54, 1.807) is 18.2 Å². The molecule has 1 aliphatic heterocycles. The Balaban J connectivity index is 1.86. The van der Waals surface area contributed by atoms with E-state index in [9.17, 15) is 9.59 Å². The number of carbonyl (C=O) groups excluding carboxylic acids is 1. The highest BCUT2D eigenvalue weighted by Gasteiger charge is 2.24. The second-order valence-electron chi connectivity index (χ2n) is 5.76. The standard InChI is InChI=1S/C20H17IN2O5S/c1-2-27-15-9-12(8-14(21)18(15)28-11-17(24)25)10-16-19(26)23-20(29-16)22-13-6-4-3-5-7-13/h3-10H,2,11H2,1H3,(H,24,25)(H,22,23,26). The topological polar surface area (TPSA) is 97.2 Å². The first-order chi connectivity index (χ1) is 14.0. The first-order valence-corrected chi connectivity index (χ1v) is 10.5. The number of rotatable bonds is 7. The highest BCUT2D eigenvalue weighted by molar-refractivity contribution is 14.1. The summed E-state index contributed by atoms with van der Waals surface area (Å²) in [5.74, 6) is -0.511. The molecule has 0 aliphatic carbocycles. The lowest BCUT2D eigenvalue weighted by Crippen LogP contribution is -2.19. The Labute approximate surface area is 185 Å². The molecular weight excluding hydrogens is 507 g/mol. The van der Waals surface area contributed by atoms with Gasteiger partial charge in [0.25, 0.3) is 5.91 Å². The number of amidine groups is 1. The highest BCUT2D eigenvalue weighted by Crippen LogP contribution is 2.36. The average molecular weight is 524 g/mol. The largest absolute Gasteiger partial charge is 0.490 e. The SMILES string of the molecule is CCOc1cc(C=C2SC(=Nc3ccccc3)NC2=O)cc(I)c1OCC(=O)O. The van der Waals surface area contributed by atoms with E-state index in [4.69, 9.17) is 14.6 Å². The van der Waals surface area contributed by atoms with Crippen LogP contribution in [0.3, 0.4) is 0 Å². The van der Waals surface area contributed by atoms with Crippen molar-refractivity contribution in [3.63, 3.8) is 0 Å². The summed E-state index contributed by atoms with van der Waals surface area (Å²) in [5.41, 5.74) is 1.49. The summed E-state index contributed by atoms with van der Waals surface area (Å²) in [6.45, 7) is 1.75. The Morgan fingerprint density at radius 1 is 1.28 bits per heavy atom. The van der Waals surface area contributed by atoms with Crippen LogP contribution in [0.4, 0.5) is 5.69 Å². The summed E-state index contributed by atoms with van der Waals surface area (Å²) in [5, 5.41) is 12.1. The molecule has 3 rings (SSSR count). The number of benzene rings is 2. The van der Waals surface area contributed by atoms with Crippen molar-refractivity contribution < 1.29 is 24.2 Å². The third-order valence-corrected chi connectivity index (χ3v) is 5.32. The van der Waals surface area contributed by atoms with Crippen LogP contribution in [0.5, 0.6) is 11.5 Å². The van der Waals surface area contributed by atoms with E-state index in [-0.39, 0.29) is 5.91 Å². The number of carbonyl (C=O) groups is 2. The lowest BCUT2D eigenvalue weighted by atomic mass is 10.2. The van der Waals surface area contributed by atoms with Crippen molar-refractivity contribution in [2.24, 2.45) is 4.99 Å². The van der Waals surface area contributed by atoms with E-state index in [1.165, 1.54) is 11.8 Å². The van der Waals surface area contributed by atoms with Crippen LogP contribution in [-0.4, -0.2) is 35.4 Å². The smallest absolute Gasteiger partial charge is 0.341 e. The Kier molecular flexibility index (Phi) is 7.15. The van der Waals surface area contributed by atoms with Gasteiger partial charge in [0, 0.05) is 0 Å². The number of ether oxygens (including phenoxy) is 2. The number of nitrogens with one attached hydrogen (secondary N) is 1. The molecule has 1 heterocycles. The van der Waals surface area contributed by atoms with Crippen molar-refractivity contribution in [1.29, 1.82) is 0 Å². The third kappa shape index (κ3) is 5.73. The molecule has 0 spiro atoms. The lowest BCUT2D eigenvalue weighted by Gasteiger charge is -2.13. The first-order valence-electron chi connectivity index (χ1n) is 8.62. The zero-order chi connectivity index (χ0) is 20.8. The summed E-state index contributed by atoms with van der Waals surface area (Å²) in [4.78, 5) is 28.0. The van der Waals surface area contributed by atoms with Crippen molar-refractivity contribution in [1.82, 2.24) is 5.32 Å². The molecular formula is C20H17IN2O5S. The summed E-state index contributed by atoms with van der Waals surface area (Å²) in [6, 6.07) is 12.9. The Morgan fingerprint density at radius 2 is 2.03 bits per heavy atom. The van der Waals surface area contributed by atoms with Crippen LogP contribution in [-0.2, 0) is 9.59 Å². The van der Waals surface area contributed by atoms with Gasteiger partial charge in [-0.3, -0.25) is 4.79 Å². The molecule has 9 heteroatoms. The number of hydrogen-bond acceptors (Lipinski definition) is 6. The van der Waals surface area contributed by atoms with Crippen LogP contribution in [0.15, 0.2) is 52.4 Å². The number of halogens is 1. The molecule has 1 aliphatic rings. The maximum absolute atomic E-state index is 12.3. The maximum atomic E-state index is 12.3. The van der Waals surface area contributed by atoms with Crippen molar-refractivity contribution in [2.45, 2.75) is 6.92 Å². The van der Waals surface area contributed by atoms with Crippen LogP contribution in [0.1, 0.15) is 12.5 Å². The van der Waals surface area contributed by atoms with E-state index in [1.807, 2.05) is 37.3 Å². The van der Waals surface area contributed by atoms with Gasteiger partial charge >= 0.3 is 5.97 Å². The molecule has 0 saturated carbocycles. The molecule has 150 valence electrons. The van der Waals surface area contributed by atoms with E-state index in [0.29, 0.717) is 31.7 Å². The zero-order valence-corrected chi connectivity index (χ0v) is 18.3. The van der Waals surface area contributed by atoms with Crippen molar-refractivity contribution >= 4 is 63.2 Å². The summed E-state index contributed by atoms with van der Waals surface area (Å²) < 4.78 is 11.6. The summed E-state index contributed by atoms with van der Waals surface area (Å²) in [7, 11) is 0. The molecule has 1 amide bonds. The summed E-state index contributed by atoms with van der Waals surface area (Å²) >= 11 is 3.30. The number of thioether (sulfide) groups is 1. The number of para-hydroxylation sites is 1. The van der Waals surface area contributed by atoms with E-state index in [2.05, 4.69) is 32.9 Å². The predicted molar refractivity (Wildman–Crippen MR) is 121 cm³/mol. The quantitative estimate of drug-likeness (QED) is 0.419. The number of hydrogen-bond donors (Lipinski definition) is 2. The summed E-state index contributed by atoms with van der Waals surface area (Å²) in [6.07, 6.45) is 1.74. The zero-order valence-electron chi connectivity index (χ0n) is 15.3. The predicted octanol–water partition coefficient (Wildman–Crippen LogP) is 4.04. The minimum Gasteiger partial charge on any atom is -0.490 e.